The Morgan fingerprint density at radius 2 is 2.20 bits per heavy atom. The van der Waals surface area contributed by atoms with E-state index in [-0.39, 0.29) is 0 Å². The van der Waals surface area contributed by atoms with Crippen molar-refractivity contribution in [2.75, 3.05) is 33.9 Å². The molecular weight excluding hydrogens is 342 g/mol. The number of rotatable bonds is 5. The zero-order valence-corrected chi connectivity index (χ0v) is 15.2. The fraction of sp³-hybridized carbons (Fsp3) is 0.471. The Morgan fingerprint density at radius 3 is 2.88 bits per heavy atom. The number of nitrogens with one attached hydrogen (secondary N) is 1. The van der Waals surface area contributed by atoms with E-state index in [1.165, 1.54) is 0 Å². The van der Waals surface area contributed by atoms with Crippen LogP contribution in [0.2, 0.25) is 5.02 Å². The summed E-state index contributed by atoms with van der Waals surface area (Å²) in [6, 6.07) is 7.32. The average Bonchev–Trinajstić information content (AvgIpc) is 3.28. The van der Waals surface area contributed by atoms with Gasteiger partial charge in [0, 0.05) is 43.8 Å². The minimum Gasteiger partial charge on any atom is -0.381 e. The minimum atomic E-state index is 0.415. The van der Waals surface area contributed by atoms with Crippen LogP contribution in [0.5, 0.6) is 0 Å². The lowest BCUT2D eigenvalue weighted by atomic mass is 10.1. The van der Waals surface area contributed by atoms with Crippen LogP contribution in [-0.2, 0) is 11.3 Å². The van der Waals surface area contributed by atoms with Crippen molar-refractivity contribution < 1.29 is 9.26 Å². The molecule has 0 radical (unpaired) electrons. The third-order valence-electron chi connectivity index (χ3n) is 4.10. The molecule has 1 fully saturated rings. The van der Waals surface area contributed by atoms with Crippen molar-refractivity contribution in [2.24, 2.45) is 10.9 Å². The lowest BCUT2D eigenvalue weighted by Crippen LogP contribution is -2.41. The highest BCUT2D eigenvalue weighted by atomic mass is 35.5. The van der Waals surface area contributed by atoms with Gasteiger partial charge in [-0.1, -0.05) is 16.8 Å². The Morgan fingerprint density at radius 1 is 1.40 bits per heavy atom. The van der Waals surface area contributed by atoms with Gasteiger partial charge in [-0.2, -0.15) is 4.98 Å². The van der Waals surface area contributed by atoms with Crippen molar-refractivity contribution in [3.05, 3.63) is 35.2 Å². The highest BCUT2D eigenvalue weighted by molar-refractivity contribution is 6.30. The van der Waals surface area contributed by atoms with Crippen LogP contribution in [0.25, 0.3) is 11.4 Å². The molecule has 1 N–H and O–H groups in total. The Balaban J connectivity index is 1.56. The number of aromatic nitrogens is 2. The molecule has 1 aromatic heterocycles. The normalized spacial score (nSPS) is 17.7. The largest absolute Gasteiger partial charge is 0.381 e. The molecule has 1 aromatic carbocycles. The lowest BCUT2D eigenvalue weighted by Gasteiger charge is -2.23. The Kier molecular flexibility index (Phi) is 5.88. The van der Waals surface area contributed by atoms with Crippen LogP contribution >= 0.6 is 11.6 Å². The van der Waals surface area contributed by atoms with E-state index < -0.39 is 0 Å². The first kappa shape index (κ1) is 17.7. The number of benzene rings is 1. The summed E-state index contributed by atoms with van der Waals surface area (Å²) in [6.45, 7) is 2.98. The van der Waals surface area contributed by atoms with Gasteiger partial charge in [0.1, 0.15) is 0 Å². The molecule has 0 aliphatic carbocycles. The maximum Gasteiger partial charge on any atom is 0.246 e. The third-order valence-corrected chi connectivity index (χ3v) is 4.35. The van der Waals surface area contributed by atoms with Crippen molar-refractivity contribution in [1.82, 2.24) is 20.4 Å². The van der Waals surface area contributed by atoms with E-state index in [0.29, 0.717) is 29.2 Å². The SMILES string of the molecule is CN=C(NCc1nc(-c2ccc(Cl)cc2)no1)N(C)CC1CCOC1. The molecule has 25 heavy (non-hydrogen) atoms. The van der Waals surface area contributed by atoms with E-state index in [9.17, 15) is 0 Å². The summed E-state index contributed by atoms with van der Waals surface area (Å²) < 4.78 is 10.7. The molecule has 2 heterocycles. The van der Waals surface area contributed by atoms with E-state index in [1.807, 2.05) is 19.2 Å². The standard InChI is InChI=1S/C17H22ClN5O2/c1-19-17(23(2)10-12-7-8-24-11-12)20-9-15-21-16(22-25-15)13-3-5-14(18)6-4-13/h3-6,12H,7-11H2,1-2H3,(H,19,20). The average molecular weight is 364 g/mol. The van der Waals surface area contributed by atoms with Gasteiger partial charge < -0.3 is 19.5 Å². The van der Waals surface area contributed by atoms with E-state index in [1.54, 1.807) is 19.2 Å². The number of nitrogens with zero attached hydrogens (tertiary/aromatic N) is 4. The second-order valence-electron chi connectivity index (χ2n) is 6.03. The predicted molar refractivity (Wildman–Crippen MR) is 96.5 cm³/mol. The van der Waals surface area contributed by atoms with E-state index in [0.717, 1.165) is 37.7 Å². The van der Waals surface area contributed by atoms with Crippen LogP contribution in [0.15, 0.2) is 33.8 Å². The summed E-state index contributed by atoms with van der Waals surface area (Å²) in [6.07, 6.45) is 1.09. The van der Waals surface area contributed by atoms with Crippen LogP contribution in [0, 0.1) is 5.92 Å². The molecule has 7 nitrogen and oxygen atoms in total. The number of halogens is 1. The molecule has 0 bridgehead atoms. The molecule has 1 unspecified atom stereocenters. The Labute approximate surface area is 152 Å². The first-order valence-electron chi connectivity index (χ1n) is 8.23. The van der Waals surface area contributed by atoms with Crippen LogP contribution in [-0.4, -0.2) is 54.9 Å². The van der Waals surface area contributed by atoms with Gasteiger partial charge in [0.15, 0.2) is 5.96 Å². The van der Waals surface area contributed by atoms with Gasteiger partial charge in [0.05, 0.1) is 13.2 Å². The van der Waals surface area contributed by atoms with Crippen molar-refractivity contribution >= 4 is 17.6 Å². The zero-order valence-electron chi connectivity index (χ0n) is 14.4. The fourth-order valence-electron chi connectivity index (χ4n) is 2.78. The first-order valence-corrected chi connectivity index (χ1v) is 8.61. The number of hydrogen-bond donors (Lipinski definition) is 1. The van der Waals surface area contributed by atoms with Crippen LogP contribution in [0.3, 0.4) is 0 Å². The molecule has 8 heteroatoms. The van der Waals surface area contributed by atoms with Crippen molar-refractivity contribution in [3.63, 3.8) is 0 Å². The summed E-state index contributed by atoms with van der Waals surface area (Å²) in [5.74, 6) is 2.38. The smallest absolute Gasteiger partial charge is 0.246 e. The second kappa shape index (κ2) is 8.31. The predicted octanol–water partition coefficient (Wildman–Crippen LogP) is 2.43. The van der Waals surface area contributed by atoms with Crippen molar-refractivity contribution in [1.29, 1.82) is 0 Å². The van der Waals surface area contributed by atoms with Gasteiger partial charge in [-0.25, -0.2) is 0 Å². The minimum absolute atomic E-state index is 0.415. The molecule has 1 aliphatic rings. The molecule has 0 amide bonds. The fourth-order valence-corrected chi connectivity index (χ4v) is 2.91. The second-order valence-corrected chi connectivity index (χ2v) is 6.47. The zero-order chi connectivity index (χ0) is 17.6. The molecule has 3 rings (SSSR count). The maximum atomic E-state index is 5.90. The number of hydrogen-bond acceptors (Lipinski definition) is 5. The summed E-state index contributed by atoms with van der Waals surface area (Å²) >= 11 is 5.90. The third kappa shape index (κ3) is 4.70. The maximum absolute atomic E-state index is 5.90. The van der Waals surface area contributed by atoms with E-state index in [2.05, 4.69) is 25.3 Å². The Hall–Kier alpha value is -2.12. The quantitative estimate of drug-likeness (QED) is 0.649. The first-order chi connectivity index (χ1) is 12.2. The summed E-state index contributed by atoms with van der Waals surface area (Å²) in [7, 11) is 3.78. The summed E-state index contributed by atoms with van der Waals surface area (Å²) in [4.78, 5) is 10.8. The van der Waals surface area contributed by atoms with Crippen LogP contribution in [0.4, 0.5) is 0 Å². The van der Waals surface area contributed by atoms with Crippen molar-refractivity contribution in [3.8, 4) is 11.4 Å². The molecule has 1 aliphatic heterocycles. The van der Waals surface area contributed by atoms with Gasteiger partial charge >= 0.3 is 0 Å². The van der Waals surface area contributed by atoms with Crippen LogP contribution in [0.1, 0.15) is 12.3 Å². The molecule has 2 aromatic rings. The molecule has 0 saturated carbocycles. The molecule has 134 valence electrons. The topological polar surface area (TPSA) is 75.8 Å². The summed E-state index contributed by atoms with van der Waals surface area (Å²) in [5, 5.41) is 7.93. The molecule has 1 saturated heterocycles. The van der Waals surface area contributed by atoms with Gasteiger partial charge in [-0.05, 0) is 30.7 Å². The van der Waals surface area contributed by atoms with E-state index >= 15 is 0 Å². The molecular formula is C17H22ClN5O2. The highest BCUT2D eigenvalue weighted by Crippen LogP contribution is 2.18. The highest BCUT2D eigenvalue weighted by Gasteiger charge is 2.19. The van der Waals surface area contributed by atoms with Crippen molar-refractivity contribution in [2.45, 2.75) is 13.0 Å². The molecule has 1 atom stereocenters. The van der Waals surface area contributed by atoms with Gasteiger partial charge in [0.25, 0.3) is 0 Å². The number of ether oxygens (including phenoxy) is 1. The van der Waals surface area contributed by atoms with Crippen LogP contribution < -0.4 is 5.32 Å². The Bertz CT molecular complexity index is 710. The molecule has 0 spiro atoms. The summed E-state index contributed by atoms with van der Waals surface area (Å²) in [5.41, 5.74) is 0.863. The van der Waals surface area contributed by atoms with Gasteiger partial charge in [0.2, 0.25) is 11.7 Å². The lowest BCUT2D eigenvalue weighted by molar-refractivity contribution is 0.181. The van der Waals surface area contributed by atoms with Gasteiger partial charge in [-0.15, -0.1) is 0 Å². The van der Waals surface area contributed by atoms with Gasteiger partial charge in [-0.3, -0.25) is 4.99 Å². The monoisotopic (exact) mass is 363 g/mol. The number of aliphatic imine (C=N–C) groups is 1. The number of guanidine groups is 1. The van der Waals surface area contributed by atoms with E-state index in [4.69, 9.17) is 20.9 Å².